The highest BCUT2D eigenvalue weighted by Gasteiger charge is 2.57. The van der Waals surface area contributed by atoms with Gasteiger partial charge in [0.25, 0.3) is 6.02 Å². The lowest BCUT2D eigenvalue weighted by Gasteiger charge is -2.49. The van der Waals surface area contributed by atoms with Gasteiger partial charge in [-0.3, -0.25) is 4.98 Å². The van der Waals surface area contributed by atoms with Crippen LogP contribution in [0.3, 0.4) is 0 Å². The summed E-state index contributed by atoms with van der Waals surface area (Å²) in [4.78, 5) is 8.87. The molecule has 7 nitrogen and oxygen atoms in total. The molecule has 3 heterocycles. The molecule has 0 radical (unpaired) electrons. The molecule has 0 saturated heterocycles. The van der Waals surface area contributed by atoms with E-state index in [2.05, 4.69) is 11.1 Å². The number of aliphatic hydroxyl groups is 1. The smallest absolute Gasteiger partial charge is 0.283 e. The van der Waals surface area contributed by atoms with Gasteiger partial charge in [0.2, 0.25) is 0 Å². The molecule has 144 valence electrons. The molecule has 2 unspecified atom stereocenters. The summed E-state index contributed by atoms with van der Waals surface area (Å²) >= 11 is 0. The highest BCUT2D eigenvalue weighted by molar-refractivity contribution is 5.75. The highest BCUT2D eigenvalue weighted by Crippen LogP contribution is 2.53. The molecular formula is C21H22N4O3. The first-order chi connectivity index (χ1) is 13.5. The fourth-order valence-electron chi connectivity index (χ4n) is 5.10. The van der Waals surface area contributed by atoms with Gasteiger partial charge >= 0.3 is 0 Å². The Balaban J connectivity index is 1.59. The standard InChI is InChI=1S/C21H22N4O3/c22-9-13-7-14(11-24-10-13)20(26)6-5-18-16(8-20)21(12-27-19(23)25-21)15-3-1-2-4-17(15)28-18/h5-7,10-11,15,17,26H,1-4,8,12H2,(H2,23,25)/t15-,17-,20?,21?/m0/s1. The monoisotopic (exact) mass is 378 g/mol. The number of hydrogen-bond donors (Lipinski definition) is 2. The predicted molar refractivity (Wildman–Crippen MR) is 101 cm³/mol. The predicted octanol–water partition coefficient (Wildman–Crippen LogP) is 2.03. The molecule has 5 rings (SSSR count). The summed E-state index contributed by atoms with van der Waals surface area (Å²) in [5.74, 6) is 0.944. The molecule has 1 aromatic heterocycles. The molecule has 1 spiro atoms. The van der Waals surface area contributed by atoms with E-state index in [1.165, 1.54) is 6.20 Å². The van der Waals surface area contributed by atoms with Gasteiger partial charge in [-0.1, -0.05) is 6.42 Å². The van der Waals surface area contributed by atoms with E-state index in [-0.39, 0.29) is 18.0 Å². The second-order valence-corrected chi connectivity index (χ2v) is 8.06. The third-order valence-corrected chi connectivity index (χ3v) is 6.49. The van der Waals surface area contributed by atoms with E-state index in [0.717, 1.165) is 37.0 Å². The van der Waals surface area contributed by atoms with Crippen molar-refractivity contribution in [2.24, 2.45) is 16.6 Å². The van der Waals surface area contributed by atoms with Crippen molar-refractivity contribution in [1.82, 2.24) is 4.98 Å². The van der Waals surface area contributed by atoms with Crippen LogP contribution in [0.4, 0.5) is 0 Å². The number of allylic oxidation sites excluding steroid dienone is 1. The normalized spacial score (nSPS) is 36.1. The first kappa shape index (κ1) is 17.3. The minimum Gasteiger partial charge on any atom is -0.490 e. The zero-order chi connectivity index (χ0) is 19.4. The maximum atomic E-state index is 11.5. The first-order valence-electron chi connectivity index (χ1n) is 9.70. The summed E-state index contributed by atoms with van der Waals surface area (Å²) in [6.45, 7) is 0.378. The van der Waals surface area contributed by atoms with Crippen LogP contribution in [0.1, 0.15) is 43.2 Å². The zero-order valence-corrected chi connectivity index (χ0v) is 15.5. The van der Waals surface area contributed by atoms with E-state index in [1.807, 2.05) is 6.08 Å². The number of rotatable bonds is 1. The number of nitrogens with two attached hydrogens (primary N) is 1. The quantitative estimate of drug-likeness (QED) is 0.773. The van der Waals surface area contributed by atoms with Crippen molar-refractivity contribution < 1.29 is 14.6 Å². The van der Waals surface area contributed by atoms with Gasteiger partial charge in [0.1, 0.15) is 35.7 Å². The summed E-state index contributed by atoms with van der Waals surface area (Å²) < 4.78 is 12.0. The number of aliphatic imine (C=N–C) groups is 1. The lowest BCUT2D eigenvalue weighted by Crippen LogP contribution is -2.53. The maximum absolute atomic E-state index is 11.5. The van der Waals surface area contributed by atoms with E-state index in [9.17, 15) is 10.4 Å². The van der Waals surface area contributed by atoms with Crippen molar-refractivity contribution >= 4 is 6.02 Å². The molecule has 2 aliphatic heterocycles. The number of pyridine rings is 1. The molecule has 0 amide bonds. The van der Waals surface area contributed by atoms with Gasteiger partial charge in [-0.05, 0) is 37.5 Å². The molecule has 7 heteroatoms. The Morgan fingerprint density at radius 1 is 1.29 bits per heavy atom. The Morgan fingerprint density at radius 3 is 2.93 bits per heavy atom. The number of hydrogen-bond acceptors (Lipinski definition) is 7. The topological polar surface area (TPSA) is 114 Å². The van der Waals surface area contributed by atoms with Crippen molar-refractivity contribution in [2.75, 3.05) is 6.61 Å². The van der Waals surface area contributed by atoms with Crippen LogP contribution in [0.2, 0.25) is 0 Å². The Morgan fingerprint density at radius 2 is 2.14 bits per heavy atom. The first-order valence-corrected chi connectivity index (χ1v) is 9.70. The average molecular weight is 378 g/mol. The number of amidine groups is 1. The molecular weight excluding hydrogens is 356 g/mol. The van der Waals surface area contributed by atoms with Crippen molar-refractivity contribution in [3.8, 4) is 6.07 Å². The minimum atomic E-state index is -1.29. The number of aromatic nitrogens is 1. The largest absolute Gasteiger partial charge is 0.490 e. The van der Waals surface area contributed by atoms with Crippen LogP contribution in [-0.4, -0.2) is 34.4 Å². The second-order valence-electron chi connectivity index (χ2n) is 8.06. The molecule has 0 bridgehead atoms. The summed E-state index contributed by atoms with van der Waals surface area (Å²) in [6.07, 6.45) is 11.3. The molecule has 1 fully saturated rings. The fourth-order valence-corrected chi connectivity index (χ4v) is 5.10. The van der Waals surface area contributed by atoms with E-state index < -0.39 is 11.1 Å². The number of ether oxygens (including phenoxy) is 2. The molecule has 1 aromatic rings. The van der Waals surface area contributed by atoms with E-state index in [4.69, 9.17) is 20.2 Å². The van der Waals surface area contributed by atoms with Gasteiger partial charge in [0, 0.05) is 35.9 Å². The molecule has 28 heavy (non-hydrogen) atoms. The maximum Gasteiger partial charge on any atom is 0.283 e. The van der Waals surface area contributed by atoms with E-state index in [0.29, 0.717) is 24.2 Å². The Hall–Kier alpha value is -2.85. The Labute approximate surface area is 163 Å². The zero-order valence-electron chi connectivity index (χ0n) is 15.5. The van der Waals surface area contributed by atoms with E-state index >= 15 is 0 Å². The van der Waals surface area contributed by atoms with Crippen LogP contribution < -0.4 is 5.73 Å². The van der Waals surface area contributed by atoms with Crippen LogP contribution in [0.25, 0.3) is 0 Å². The van der Waals surface area contributed by atoms with Gasteiger partial charge in [-0.15, -0.1) is 0 Å². The van der Waals surface area contributed by atoms with E-state index in [1.54, 1.807) is 18.3 Å². The van der Waals surface area contributed by atoms with Crippen LogP contribution in [0.5, 0.6) is 0 Å². The average Bonchev–Trinajstić information content (AvgIpc) is 3.11. The lowest BCUT2D eigenvalue weighted by atomic mass is 9.64. The SMILES string of the molecule is N#Cc1cncc(C2(O)C=CC3=C(C2)C2(COC(N)=N2)[C@H]2CCCC[C@@H]2O3)c1. The lowest BCUT2D eigenvalue weighted by molar-refractivity contribution is -0.0299. The van der Waals surface area contributed by atoms with Gasteiger partial charge in [0.15, 0.2) is 0 Å². The number of nitriles is 1. The van der Waals surface area contributed by atoms with Gasteiger partial charge < -0.3 is 20.3 Å². The second kappa shape index (κ2) is 6.08. The molecule has 4 atom stereocenters. The molecule has 2 aliphatic carbocycles. The van der Waals surface area contributed by atoms with Crippen molar-refractivity contribution in [1.29, 1.82) is 5.26 Å². The van der Waals surface area contributed by atoms with Crippen molar-refractivity contribution in [2.45, 2.75) is 49.3 Å². The Bertz CT molecular complexity index is 963. The highest BCUT2D eigenvalue weighted by atomic mass is 16.5. The Kier molecular flexibility index (Phi) is 3.75. The number of fused-ring (bicyclic) bond motifs is 3. The molecule has 4 aliphatic rings. The molecule has 3 N–H and O–H groups in total. The van der Waals surface area contributed by atoms with Crippen LogP contribution >= 0.6 is 0 Å². The summed E-state index contributed by atoms with van der Waals surface area (Å²) in [7, 11) is 0. The van der Waals surface area contributed by atoms with Gasteiger partial charge in [-0.25, -0.2) is 4.99 Å². The summed E-state index contributed by atoms with van der Waals surface area (Å²) in [6, 6.07) is 3.95. The minimum absolute atomic E-state index is 0.0881. The van der Waals surface area contributed by atoms with Crippen molar-refractivity contribution in [3.05, 3.63) is 53.1 Å². The number of nitrogens with zero attached hydrogens (tertiary/aromatic N) is 3. The third-order valence-electron chi connectivity index (χ3n) is 6.49. The molecule has 1 saturated carbocycles. The van der Waals surface area contributed by atoms with Crippen LogP contribution in [-0.2, 0) is 15.1 Å². The third kappa shape index (κ3) is 2.45. The van der Waals surface area contributed by atoms with Crippen LogP contribution in [0, 0.1) is 17.2 Å². The van der Waals surface area contributed by atoms with Crippen molar-refractivity contribution in [3.63, 3.8) is 0 Å². The summed E-state index contributed by atoms with van der Waals surface area (Å²) in [5.41, 5.74) is 5.96. The summed E-state index contributed by atoms with van der Waals surface area (Å²) in [5, 5.41) is 20.7. The molecule has 0 aromatic carbocycles. The van der Waals surface area contributed by atoms with Crippen LogP contribution in [0.15, 0.2) is 46.9 Å². The van der Waals surface area contributed by atoms with Gasteiger partial charge in [-0.2, -0.15) is 5.26 Å². The fraction of sp³-hybridized carbons (Fsp3) is 0.476. The van der Waals surface area contributed by atoms with Gasteiger partial charge in [0.05, 0.1) is 5.56 Å².